The topological polar surface area (TPSA) is 60.2 Å². The molecule has 0 spiro atoms. The van der Waals surface area contributed by atoms with Crippen LogP contribution in [0.1, 0.15) is 5.56 Å². The standard InChI is InChI=1S/C10H14BrNO2S/c11-10-3-1-9(2-4-10)5-7-15(13,14)8-6-12/h1-4H,5-8,12H2. The van der Waals surface area contributed by atoms with E-state index in [-0.39, 0.29) is 18.1 Å². The fourth-order valence-electron chi connectivity index (χ4n) is 1.21. The lowest BCUT2D eigenvalue weighted by atomic mass is 10.2. The lowest BCUT2D eigenvalue weighted by Gasteiger charge is -2.03. The largest absolute Gasteiger partial charge is 0.329 e. The number of nitrogens with two attached hydrogens (primary N) is 1. The van der Waals surface area contributed by atoms with Gasteiger partial charge in [0.05, 0.1) is 11.5 Å². The summed E-state index contributed by atoms with van der Waals surface area (Å²) in [4.78, 5) is 0. The SMILES string of the molecule is NCCS(=O)(=O)CCc1ccc(Br)cc1. The summed E-state index contributed by atoms with van der Waals surface area (Å²) in [5.41, 5.74) is 6.24. The first-order valence-corrected chi connectivity index (χ1v) is 7.30. The molecule has 0 saturated heterocycles. The van der Waals surface area contributed by atoms with Crippen LogP contribution in [0, 0.1) is 0 Å². The quantitative estimate of drug-likeness (QED) is 0.891. The second kappa shape index (κ2) is 5.63. The van der Waals surface area contributed by atoms with E-state index in [0.29, 0.717) is 6.42 Å². The van der Waals surface area contributed by atoms with Crippen molar-refractivity contribution in [1.29, 1.82) is 0 Å². The van der Waals surface area contributed by atoms with Gasteiger partial charge in [0.15, 0.2) is 9.84 Å². The summed E-state index contributed by atoms with van der Waals surface area (Å²) in [7, 11) is -2.98. The summed E-state index contributed by atoms with van der Waals surface area (Å²) in [6.45, 7) is 0.197. The Bertz CT molecular complexity index is 400. The normalized spacial score (nSPS) is 11.6. The van der Waals surface area contributed by atoms with Gasteiger partial charge in [0.25, 0.3) is 0 Å². The van der Waals surface area contributed by atoms with Crippen molar-refractivity contribution in [2.45, 2.75) is 6.42 Å². The molecule has 2 N–H and O–H groups in total. The molecule has 0 atom stereocenters. The fraction of sp³-hybridized carbons (Fsp3) is 0.400. The first kappa shape index (κ1) is 12.7. The molecular weight excluding hydrogens is 278 g/mol. The maximum atomic E-state index is 11.4. The Kier molecular flexibility index (Phi) is 4.76. The van der Waals surface area contributed by atoms with Gasteiger partial charge in [0.2, 0.25) is 0 Å². The second-order valence-electron chi connectivity index (χ2n) is 3.32. The van der Waals surface area contributed by atoms with E-state index in [4.69, 9.17) is 5.73 Å². The van der Waals surface area contributed by atoms with Gasteiger partial charge in [-0.25, -0.2) is 8.42 Å². The van der Waals surface area contributed by atoms with Crippen molar-refractivity contribution in [2.24, 2.45) is 5.73 Å². The van der Waals surface area contributed by atoms with Gasteiger partial charge in [-0.05, 0) is 24.1 Å². The summed E-state index contributed by atoms with van der Waals surface area (Å²) in [5.74, 6) is 0.245. The van der Waals surface area contributed by atoms with Gasteiger partial charge in [-0.3, -0.25) is 0 Å². The van der Waals surface area contributed by atoms with Crippen molar-refractivity contribution < 1.29 is 8.42 Å². The first-order valence-electron chi connectivity index (χ1n) is 4.68. The van der Waals surface area contributed by atoms with Crippen LogP contribution in [0.2, 0.25) is 0 Å². The van der Waals surface area contributed by atoms with Gasteiger partial charge in [0.1, 0.15) is 0 Å². The molecule has 0 bridgehead atoms. The molecule has 0 aliphatic rings. The third kappa shape index (κ3) is 4.77. The van der Waals surface area contributed by atoms with Crippen molar-refractivity contribution in [3.8, 4) is 0 Å². The Labute approximate surface area is 98.7 Å². The maximum Gasteiger partial charge on any atom is 0.151 e. The summed E-state index contributed by atoms with van der Waals surface area (Å²) in [6.07, 6.45) is 0.551. The zero-order chi connectivity index (χ0) is 11.3. The number of hydrogen-bond donors (Lipinski definition) is 1. The highest BCUT2D eigenvalue weighted by Gasteiger charge is 2.09. The zero-order valence-corrected chi connectivity index (χ0v) is 10.7. The molecule has 3 nitrogen and oxygen atoms in total. The number of aryl methyl sites for hydroxylation is 1. The Morgan fingerprint density at radius 3 is 2.27 bits per heavy atom. The van der Waals surface area contributed by atoms with E-state index in [1.54, 1.807) is 0 Å². The number of rotatable bonds is 5. The van der Waals surface area contributed by atoms with Crippen molar-refractivity contribution in [2.75, 3.05) is 18.1 Å². The van der Waals surface area contributed by atoms with Crippen molar-refractivity contribution in [3.63, 3.8) is 0 Å². The number of sulfone groups is 1. The molecule has 0 radical (unpaired) electrons. The highest BCUT2D eigenvalue weighted by atomic mass is 79.9. The smallest absolute Gasteiger partial charge is 0.151 e. The lowest BCUT2D eigenvalue weighted by molar-refractivity contribution is 0.595. The summed E-state index contributed by atoms with van der Waals surface area (Å²) < 4.78 is 23.8. The minimum Gasteiger partial charge on any atom is -0.329 e. The third-order valence-electron chi connectivity index (χ3n) is 2.04. The zero-order valence-electron chi connectivity index (χ0n) is 8.32. The molecule has 0 fully saturated rings. The number of benzene rings is 1. The van der Waals surface area contributed by atoms with Gasteiger partial charge in [0, 0.05) is 11.0 Å². The number of halogens is 1. The summed E-state index contributed by atoms with van der Waals surface area (Å²) >= 11 is 3.33. The third-order valence-corrected chi connectivity index (χ3v) is 4.26. The van der Waals surface area contributed by atoms with E-state index < -0.39 is 9.84 Å². The van der Waals surface area contributed by atoms with Gasteiger partial charge in [-0.2, -0.15) is 0 Å². The van der Waals surface area contributed by atoms with Crippen LogP contribution >= 0.6 is 15.9 Å². The van der Waals surface area contributed by atoms with Crippen LogP contribution in [-0.2, 0) is 16.3 Å². The average molecular weight is 292 g/mol. The van der Waals surface area contributed by atoms with E-state index in [0.717, 1.165) is 10.0 Å². The van der Waals surface area contributed by atoms with Crippen LogP contribution < -0.4 is 5.73 Å². The van der Waals surface area contributed by atoms with Crippen LogP contribution in [0.25, 0.3) is 0 Å². The Morgan fingerprint density at radius 1 is 1.13 bits per heavy atom. The van der Waals surface area contributed by atoms with Crippen molar-refractivity contribution in [3.05, 3.63) is 34.3 Å². The molecule has 0 saturated carbocycles. The monoisotopic (exact) mass is 291 g/mol. The van der Waals surface area contributed by atoms with Crippen LogP contribution in [0.3, 0.4) is 0 Å². The van der Waals surface area contributed by atoms with Crippen molar-refractivity contribution >= 4 is 25.8 Å². The average Bonchev–Trinajstić information content (AvgIpc) is 2.17. The second-order valence-corrected chi connectivity index (χ2v) is 6.54. The van der Waals surface area contributed by atoms with E-state index in [9.17, 15) is 8.42 Å². The molecule has 0 unspecified atom stereocenters. The Balaban J connectivity index is 2.54. The van der Waals surface area contributed by atoms with Gasteiger partial charge in [-0.15, -0.1) is 0 Å². The molecule has 1 aromatic rings. The molecular formula is C10H14BrNO2S. The molecule has 15 heavy (non-hydrogen) atoms. The van der Waals surface area contributed by atoms with Gasteiger partial charge in [-0.1, -0.05) is 28.1 Å². The van der Waals surface area contributed by atoms with E-state index in [1.165, 1.54) is 0 Å². The number of hydrogen-bond acceptors (Lipinski definition) is 3. The van der Waals surface area contributed by atoms with Crippen LogP contribution in [0.5, 0.6) is 0 Å². The van der Waals surface area contributed by atoms with E-state index in [1.807, 2.05) is 24.3 Å². The molecule has 1 rings (SSSR count). The van der Waals surface area contributed by atoms with E-state index in [2.05, 4.69) is 15.9 Å². The Hall–Kier alpha value is -0.390. The lowest BCUT2D eigenvalue weighted by Crippen LogP contribution is -2.19. The fourth-order valence-corrected chi connectivity index (χ4v) is 2.58. The molecule has 1 aromatic carbocycles. The molecule has 84 valence electrons. The van der Waals surface area contributed by atoms with Crippen molar-refractivity contribution in [1.82, 2.24) is 0 Å². The van der Waals surface area contributed by atoms with Crippen LogP contribution in [0.15, 0.2) is 28.7 Å². The molecule has 5 heteroatoms. The van der Waals surface area contributed by atoms with E-state index >= 15 is 0 Å². The minimum atomic E-state index is -2.98. The van der Waals surface area contributed by atoms with Gasteiger partial charge >= 0.3 is 0 Å². The summed E-state index contributed by atoms with van der Waals surface area (Å²) in [6, 6.07) is 7.65. The highest BCUT2D eigenvalue weighted by Crippen LogP contribution is 2.11. The molecule has 0 heterocycles. The Morgan fingerprint density at radius 2 is 1.73 bits per heavy atom. The molecule has 0 aliphatic carbocycles. The van der Waals surface area contributed by atoms with Gasteiger partial charge < -0.3 is 5.73 Å². The highest BCUT2D eigenvalue weighted by molar-refractivity contribution is 9.10. The molecule has 0 amide bonds. The van der Waals surface area contributed by atoms with Crippen LogP contribution in [0.4, 0.5) is 0 Å². The molecule has 0 aromatic heterocycles. The maximum absolute atomic E-state index is 11.4. The predicted molar refractivity (Wildman–Crippen MR) is 65.6 cm³/mol. The first-order chi connectivity index (χ1) is 7.03. The predicted octanol–water partition coefficient (Wildman–Crippen LogP) is 1.37. The minimum absolute atomic E-state index is 0.0729. The van der Waals surface area contributed by atoms with Crippen LogP contribution in [-0.4, -0.2) is 26.5 Å². The molecule has 0 aliphatic heterocycles. The summed E-state index contributed by atoms with van der Waals surface area (Å²) in [5, 5.41) is 0.